The maximum absolute atomic E-state index is 11.8. The van der Waals surface area contributed by atoms with Crippen LogP contribution in [-0.4, -0.2) is 17.0 Å². The summed E-state index contributed by atoms with van der Waals surface area (Å²) in [7, 11) is 0. The number of amides is 1. The van der Waals surface area contributed by atoms with Gasteiger partial charge in [-0.1, -0.05) is 32.0 Å². The van der Waals surface area contributed by atoms with Gasteiger partial charge in [0.25, 0.3) is 5.91 Å². The minimum absolute atomic E-state index is 0.0567. The fraction of sp³-hybridized carbons (Fsp3) is 0.231. The van der Waals surface area contributed by atoms with Gasteiger partial charge in [0, 0.05) is 17.3 Å². The SMILES string of the molecule is CC(C)/C(=C/C(=O)O)NC(=O)c1ccccc1. The van der Waals surface area contributed by atoms with Crippen LogP contribution in [-0.2, 0) is 4.79 Å². The smallest absolute Gasteiger partial charge is 0.330 e. The highest BCUT2D eigenvalue weighted by atomic mass is 16.4. The summed E-state index contributed by atoms with van der Waals surface area (Å²) >= 11 is 0. The minimum atomic E-state index is -1.07. The van der Waals surface area contributed by atoms with Crippen molar-refractivity contribution >= 4 is 11.9 Å². The maximum atomic E-state index is 11.8. The van der Waals surface area contributed by atoms with E-state index in [2.05, 4.69) is 5.32 Å². The van der Waals surface area contributed by atoms with Crippen LogP contribution in [0.1, 0.15) is 24.2 Å². The van der Waals surface area contributed by atoms with Crippen LogP contribution in [0.15, 0.2) is 42.1 Å². The zero-order valence-electron chi connectivity index (χ0n) is 9.81. The molecule has 0 saturated carbocycles. The lowest BCUT2D eigenvalue weighted by molar-refractivity contribution is -0.131. The van der Waals surface area contributed by atoms with Gasteiger partial charge in [0.05, 0.1) is 0 Å². The molecule has 0 aliphatic carbocycles. The molecule has 0 bridgehead atoms. The monoisotopic (exact) mass is 233 g/mol. The lowest BCUT2D eigenvalue weighted by Gasteiger charge is -2.12. The molecule has 1 aromatic carbocycles. The first-order valence-electron chi connectivity index (χ1n) is 5.31. The van der Waals surface area contributed by atoms with Crippen LogP contribution in [0.25, 0.3) is 0 Å². The van der Waals surface area contributed by atoms with Crippen molar-refractivity contribution in [2.45, 2.75) is 13.8 Å². The lowest BCUT2D eigenvalue weighted by atomic mass is 10.1. The van der Waals surface area contributed by atoms with Gasteiger partial charge in [-0.2, -0.15) is 0 Å². The van der Waals surface area contributed by atoms with Gasteiger partial charge in [-0.3, -0.25) is 4.79 Å². The molecule has 0 heterocycles. The summed E-state index contributed by atoms with van der Waals surface area (Å²) in [5.41, 5.74) is 0.899. The Kier molecular flexibility index (Phi) is 4.46. The first-order chi connectivity index (χ1) is 8.00. The van der Waals surface area contributed by atoms with E-state index in [1.165, 1.54) is 0 Å². The first kappa shape index (κ1) is 13.0. The van der Waals surface area contributed by atoms with E-state index in [4.69, 9.17) is 5.11 Å². The van der Waals surface area contributed by atoms with E-state index in [9.17, 15) is 9.59 Å². The predicted molar refractivity (Wildman–Crippen MR) is 64.5 cm³/mol. The van der Waals surface area contributed by atoms with Crippen LogP contribution < -0.4 is 5.32 Å². The summed E-state index contributed by atoms with van der Waals surface area (Å²) in [6.45, 7) is 3.64. The van der Waals surface area contributed by atoms with Crippen molar-refractivity contribution in [2.75, 3.05) is 0 Å². The summed E-state index contributed by atoms with van der Waals surface area (Å²) in [5.74, 6) is -1.42. The maximum Gasteiger partial charge on any atom is 0.330 e. The Labute approximate surface area is 100.0 Å². The van der Waals surface area contributed by atoms with Crippen LogP contribution in [0.3, 0.4) is 0 Å². The largest absolute Gasteiger partial charge is 0.478 e. The average molecular weight is 233 g/mol. The van der Waals surface area contributed by atoms with Crippen LogP contribution in [0.2, 0.25) is 0 Å². The van der Waals surface area contributed by atoms with E-state index in [-0.39, 0.29) is 11.8 Å². The molecule has 1 amide bonds. The number of carboxylic acid groups (broad SMARTS) is 1. The summed E-state index contributed by atoms with van der Waals surface area (Å²) < 4.78 is 0. The van der Waals surface area contributed by atoms with Crippen molar-refractivity contribution in [3.63, 3.8) is 0 Å². The van der Waals surface area contributed by atoms with Crippen LogP contribution in [0, 0.1) is 5.92 Å². The number of hydrogen-bond acceptors (Lipinski definition) is 2. The fourth-order valence-electron chi connectivity index (χ4n) is 1.27. The molecule has 0 spiro atoms. The molecule has 0 aromatic heterocycles. The molecule has 1 rings (SSSR count). The van der Waals surface area contributed by atoms with E-state index in [1.54, 1.807) is 24.3 Å². The quantitative estimate of drug-likeness (QED) is 0.782. The number of carbonyl (C=O) groups excluding carboxylic acids is 1. The third-order valence-corrected chi connectivity index (χ3v) is 2.19. The van der Waals surface area contributed by atoms with Gasteiger partial charge in [-0.15, -0.1) is 0 Å². The molecular weight excluding hydrogens is 218 g/mol. The van der Waals surface area contributed by atoms with E-state index in [1.807, 2.05) is 19.9 Å². The van der Waals surface area contributed by atoms with Gasteiger partial charge in [0.15, 0.2) is 0 Å². The van der Waals surface area contributed by atoms with Crippen molar-refractivity contribution in [2.24, 2.45) is 5.92 Å². The Hall–Kier alpha value is -2.10. The number of nitrogens with one attached hydrogen (secondary N) is 1. The summed E-state index contributed by atoms with van der Waals surface area (Å²) in [4.78, 5) is 22.4. The minimum Gasteiger partial charge on any atom is -0.478 e. The van der Waals surface area contributed by atoms with Crippen LogP contribution in [0.5, 0.6) is 0 Å². The summed E-state index contributed by atoms with van der Waals surface area (Å²) in [6.07, 6.45) is 1.02. The molecule has 0 unspecified atom stereocenters. The first-order valence-corrected chi connectivity index (χ1v) is 5.31. The van der Waals surface area contributed by atoms with Gasteiger partial charge in [-0.05, 0) is 18.1 Å². The average Bonchev–Trinajstić information content (AvgIpc) is 2.28. The van der Waals surface area contributed by atoms with Crippen molar-refractivity contribution in [3.05, 3.63) is 47.7 Å². The second kappa shape index (κ2) is 5.84. The summed E-state index contributed by atoms with van der Waals surface area (Å²) in [5, 5.41) is 11.3. The molecule has 2 N–H and O–H groups in total. The highest BCUT2D eigenvalue weighted by Crippen LogP contribution is 2.07. The molecule has 0 radical (unpaired) electrons. The number of hydrogen-bond donors (Lipinski definition) is 2. The van der Waals surface area contributed by atoms with Gasteiger partial charge < -0.3 is 10.4 Å². The number of benzene rings is 1. The normalized spacial score (nSPS) is 11.4. The Bertz CT molecular complexity index is 435. The Morgan fingerprint density at radius 2 is 1.82 bits per heavy atom. The molecule has 17 heavy (non-hydrogen) atoms. The third kappa shape index (κ3) is 4.10. The number of carboxylic acids is 1. The molecular formula is C13H15NO3. The van der Waals surface area contributed by atoms with Crippen LogP contribution >= 0.6 is 0 Å². The Balaban J connectivity index is 2.82. The third-order valence-electron chi connectivity index (χ3n) is 2.19. The van der Waals surface area contributed by atoms with Crippen molar-refractivity contribution in [1.82, 2.24) is 5.32 Å². The van der Waals surface area contributed by atoms with Gasteiger partial charge in [-0.25, -0.2) is 4.79 Å². The molecule has 1 aromatic rings. The molecule has 0 aliphatic rings. The fourth-order valence-corrected chi connectivity index (χ4v) is 1.27. The molecule has 0 atom stereocenters. The van der Waals surface area contributed by atoms with E-state index >= 15 is 0 Å². The number of allylic oxidation sites excluding steroid dienone is 1. The highest BCUT2D eigenvalue weighted by molar-refractivity contribution is 5.96. The van der Waals surface area contributed by atoms with Gasteiger partial charge >= 0.3 is 5.97 Å². The zero-order valence-corrected chi connectivity index (χ0v) is 9.81. The molecule has 4 nitrogen and oxygen atoms in total. The van der Waals surface area contributed by atoms with Crippen LogP contribution in [0.4, 0.5) is 0 Å². The van der Waals surface area contributed by atoms with Crippen molar-refractivity contribution < 1.29 is 14.7 Å². The topological polar surface area (TPSA) is 66.4 Å². The molecule has 0 saturated heterocycles. The van der Waals surface area contributed by atoms with Crippen molar-refractivity contribution in [1.29, 1.82) is 0 Å². The van der Waals surface area contributed by atoms with Gasteiger partial charge in [0.1, 0.15) is 0 Å². The molecule has 4 heteroatoms. The number of aliphatic carboxylic acids is 1. The highest BCUT2D eigenvalue weighted by Gasteiger charge is 2.11. The Morgan fingerprint density at radius 1 is 1.24 bits per heavy atom. The molecule has 90 valence electrons. The van der Waals surface area contributed by atoms with E-state index < -0.39 is 5.97 Å². The lowest BCUT2D eigenvalue weighted by Crippen LogP contribution is -2.26. The molecule has 0 fully saturated rings. The second-order valence-electron chi connectivity index (χ2n) is 3.91. The van der Waals surface area contributed by atoms with E-state index in [0.717, 1.165) is 6.08 Å². The standard InChI is InChI=1S/C13H15NO3/c1-9(2)11(8-12(15)16)14-13(17)10-6-4-3-5-7-10/h3-9H,1-2H3,(H,14,17)(H,15,16)/b11-8-. The molecule has 0 aliphatic heterocycles. The Morgan fingerprint density at radius 3 is 2.29 bits per heavy atom. The van der Waals surface area contributed by atoms with Gasteiger partial charge in [0.2, 0.25) is 0 Å². The number of rotatable bonds is 4. The van der Waals surface area contributed by atoms with Crippen molar-refractivity contribution in [3.8, 4) is 0 Å². The van der Waals surface area contributed by atoms with E-state index in [0.29, 0.717) is 11.3 Å². The predicted octanol–water partition coefficient (Wildman–Crippen LogP) is 2.04. The zero-order chi connectivity index (χ0) is 12.8. The second-order valence-corrected chi connectivity index (χ2v) is 3.91. The summed E-state index contributed by atoms with van der Waals surface area (Å²) in [6, 6.07) is 8.67. The number of carbonyl (C=O) groups is 2.